The van der Waals surface area contributed by atoms with Crippen molar-refractivity contribution in [1.82, 2.24) is 0 Å². The van der Waals surface area contributed by atoms with Crippen LogP contribution < -0.4 is 0 Å². The topological polar surface area (TPSA) is 78.9 Å². The van der Waals surface area contributed by atoms with Crippen LogP contribution in [0.1, 0.15) is 303 Å². The summed E-state index contributed by atoms with van der Waals surface area (Å²) >= 11 is 0. The number of ether oxygens (including phenoxy) is 3. The molecule has 0 aromatic heterocycles. The van der Waals surface area contributed by atoms with Gasteiger partial charge in [-0.15, -0.1) is 0 Å². The Bertz CT molecular complexity index is 1090. The fourth-order valence-corrected chi connectivity index (χ4v) is 8.29. The van der Waals surface area contributed by atoms with Crippen LogP contribution in [0.2, 0.25) is 0 Å². The molecule has 1 atom stereocenters. The predicted molar refractivity (Wildman–Crippen MR) is 279 cm³/mol. The summed E-state index contributed by atoms with van der Waals surface area (Å²) in [5.41, 5.74) is 0. The van der Waals surface area contributed by atoms with Crippen molar-refractivity contribution < 1.29 is 28.6 Å². The highest BCUT2D eigenvalue weighted by molar-refractivity contribution is 5.71. The van der Waals surface area contributed by atoms with Crippen molar-refractivity contribution in [3.63, 3.8) is 0 Å². The number of rotatable bonds is 52. The van der Waals surface area contributed by atoms with E-state index in [1.165, 1.54) is 193 Å². The van der Waals surface area contributed by atoms with Crippen LogP contribution in [0, 0.1) is 0 Å². The molecule has 0 N–H and O–H groups in total. The summed E-state index contributed by atoms with van der Waals surface area (Å²) in [5.74, 6) is -0.880. The SMILES string of the molecule is CCCCC/C=C\CCCCCCCC(=O)OC(COC(=O)CCCCCCCC)COC(=O)CCCCCCCCCCCCCCCCCCC/C=C\C/C=C\CCCCCCC. The first-order valence-corrected chi connectivity index (χ1v) is 28.5. The van der Waals surface area contributed by atoms with Crippen LogP contribution in [0.25, 0.3) is 0 Å². The first kappa shape index (κ1) is 62.6. The highest BCUT2D eigenvalue weighted by Gasteiger charge is 2.19. The third kappa shape index (κ3) is 52.5. The normalized spacial score (nSPS) is 12.2. The third-order valence-electron chi connectivity index (χ3n) is 12.6. The lowest BCUT2D eigenvalue weighted by atomic mass is 10.0. The summed E-state index contributed by atoms with van der Waals surface area (Å²) in [6, 6.07) is 0. The van der Waals surface area contributed by atoms with Gasteiger partial charge in [0.1, 0.15) is 13.2 Å². The minimum atomic E-state index is -0.769. The highest BCUT2D eigenvalue weighted by atomic mass is 16.6. The van der Waals surface area contributed by atoms with Gasteiger partial charge in [-0.2, -0.15) is 0 Å². The van der Waals surface area contributed by atoms with Crippen molar-refractivity contribution in [3.05, 3.63) is 36.5 Å². The molecule has 6 nitrogen and oxygen atoms in total. The molecule has 0 saturated carbocycles. The molecule has 0 heterocycles. The zero-order valence-corrected chi connectivity index (χ0v) is 43.5. The second-order valence-corrected chi connectivity index (χ2v) is 19.2. The molecule has 0 radical (unpaired) electrons. The van der Waals surface area contributed by atoms with E-state index in [0.29, 0.717) is 19.3 Å². The lowest BCUT2D eigenvalue weighted by Crippen LogP contribution is -2.30. The number of carbonyl (C=O) groups is 3. The summed E-state index contributed by atoms with van der Waals surface area (Å²) in [5, 5.41) is 0. The van der Waals surface area contributed by atoms with Crippen LogP contribution in [0.5, 0.6) is 0 Å². The largest absolute Gasteiger partial charge is 0.462 e. The van der Waals surface area contributed by atoms with Gasteiger partial charge >= 0.3 is 17.9 Å². The van der Waals surface area contributed by atoms with E-state index < -0.39 is 6.10 Å². The van der Waals surface area contributed by atoms with Gasteiger partial charge in [0.15, 0.2) is 6.10 Å². The molecule has 0 rings (SSSR count). The number of esters is 3. The van der Waals surface area contributed by atoms with Crippen LogP contribution in [0.4, 0.5) is 0 Å². The molecule has 0 aliphatic carbocycles. The van der Waals surface area contributed by atoms with Crippen molar-refractivity contribution in [1.29, 1.82) is 0 Å². The van der Waals surface area contributed by atoms with E-state index in [1.807, 2.05) is 0 Å². The number of allylic oxidation sites excluding steroid dienone is 6. The van der Waals surface area contributed by atoms with E-state index in [0.717, 1.165) is 70.6 Å². The van der Waals surface area contributed by atoms with Gasteiger partial charge in [0, 0.05) is 19.3 Å². The fourth-order valence-electron chi connectivity index (χ4n) is 8.29. The molecule has 380 valence electrons. The Labute approximate surface area is 404 Å². The standard InChI is InChI=1S/C59H108O6/c1-4-7-10-13-16-18-20-22-23-24-25-26-27-28-29-30-31-32-33-34-35-36-37-38-40-41-43-46-49-52-58(61)64-55-56(54-63-57(60)51-48-45-15-12-9-6-3)65-59(62)53-50-47-44-42-39-21-19-17-14-11-8-5-2/h17,19-20,22,24-25,56H,4-16,18,21,23,26-55H2,1-3H3/b19-17-,22-20-,25-24-. The van der Waals surface area contributed by atoms with E-state index in [2.05, 4.69) is 57.2 Å². The summed E-state index contributed by atoms with van der Waals surface area (Å²) in [6.45, 7) is 6.56. The summed E-state index contributed by atoms with van der Waals surface area (Å²) < 4.78 is 16.7. The minimum Gasteiger partial charge on any atom is -0.462 e. The Hall–Kier alpha value is -2.37. The van der Waals surface area contributed by atoms with Gasteiger partial charge in [0.05, 0.1) is 0 Å². The zero-order chi connectivity index (χ0) is 47.2. The van der Waals surface area contributed by atoms with Gasteiger partial charge in [-0.05, 0) is 77.0 Å². The van der Waals surface area contributed by atoms with Gasteiger partial charge in [-0.25, -0.2) is 0 Å². The average molecular weight is 914 g/mol. The third-order valence-corrected chi connectivity index (χ3v) is 12.6. The van der Waals surface area contributed by atoms with Crippen LogP contribution in [-0.4, -0.2) is 37.2 Å². The number of carbonyl (C=O) groups excluding carboxylic acids is 3. The lowest BCUT2D eigenvalue weighted by molar-refractivity contribution is -0.167. The first-order valence-electron chi connectivity index (χ1n) is 28.5. The Morgan fingerprint density at radius 1 is 0.308 bits per heavy atom. The van der Waals surface area contributed by atoms with Gasteiger partial charge in [-0.3, -0.25) is 14.4 Å². The smallest absolute Gasteiger partial charge is 0.306 e. The van der Waals surface area contributed by atoms with Crippen LogP contribution >= 0.6 is 0 Å². The molecular weight excluding hydrogens is 805 g/mol. The quantitative estimate of drug-likeness (QED) is 0.0262. The van der Waals surface area contributed by atoms with Crippen molar-refractivity contribution >= 4 is 17.9 Å². The Kier molecular flexibility index (Phi) is 52.3. The van der Waals surface area contributed by atoms with E-state index in [9.17, 15) is 14.4 Å². The molecular formula is C59H108O6. The van der Waals surface area contributed by atoms with Crippen LogP contribution in [0.3, 0.4) is 0 Å². The summed E-state index contributed by atoms with van der Waals surface area (Å²) in [4.78, 5) is 37.7. The van der Waals surface area contributed by atoms with Crippen molar-refractivity contribution in [3.8, 4) is 0 Å². The summed E-state index contributed by atoms with van der Waals surface area (Å²) in [7, 11) is 0. The number of hydrogen-bond acceptors (Lipinski definition) is 6. The second-order valence-electron chi connectivity index (χ2n) is 19.2. The monoisotopic (exact) mass is 913 g/mol. The maximum absolute atomic E-state index is 12.7. The predicted octanol–water partition coefficient (Wildman–Crippen LogP) is 18.9. The fraction of sp³-hybridized carbons (Fsp3) is 0.847. The minimum absolute atomic E-state index is 0.0723. The van der Waals surface area contributed by atoms with Gasteiger partial charge in [0.25, 0.3) is 0 Å². The van der Waals surface area contributed by atoms with Crippen molar-refractivity contribution in [2.24, 2.45) is 0 Å². The first-order chi connectivity index (χ1) is 32.0. The Balaban J connectivity index is 3.97. The number of hydrogen-bond donors (Lipinski definition) is 0. The molecule has 0 aromatic rings. The summed E-state index contributed by atoms with van der Waals surface area (Å²) in [6.07, 6.45) is 64.7. The van der Waals surface area contributed by atoms with E-state index in [-0.39, 0.29) is 31.1 Å². The molecule has 6 heteroatoms. The van der Waals surface area contributed by atoms with Crippen molar-refractivity contribution in [2.75, 3.05) is 13.2 Å². The molecule has 0 bridgehead atoms. The molecule has 1 unspecified atom stereocenters. The van der Waals surface area contributed by atoms with Gasteiger partial charge in [-0.1, -0.05) is 243 Å². The van der Waals surface area contributed by atoms with Crippen LogP contribution in [-0.2, 0) is 28.6 Å². The maximum Gasteiger partial charge on any atom is 0.306 e. The average Bonchev–Trinajstić information content (AvgIpc) is 3.30. The van der Waals surface area contributed by atoms with Crippen LogP contribution in [0.15, 0.2) is 36.5 Å². The molecule has 0 amide bonds. The molecule has 0 fully saturated rings. The second kappa shape index (κ2) is 54.2. The Morgan fingerprint density at radius 2 is 0.554 bits per heavy atom. The van der Waals surface area contributed by atoms with E-state index in [1.54, 1.807) is 0 Å². The van der Waals surface area contributed by atoms with E-state index >= 15 is 0 Å². The zero-order valence-electron chi connectivity index (χ0n) is 43.5. The maximum atomic E-state index is 12.7. The molecule has 0 aliphatic heterocycles. The molecule has 0 spiro atoms. The molecule has 0 saturated heterocycles. The lowest BCUT2D eigenvalue weighted by Gasteiger charge is -2.18. The van der Waals surface area contributed by atoms with E-state index in [4.69, 9.17) is 14.2 Å². The molecule has 0 aliphatic rings. The van der Waals surface area contributed by atoms with Gasteiger partial charge in [0.2, 0.25) is 0 Å². The Morgan fingerprint density at radius 3 is 0.892 bits per heavy atom. The van der Waals surface area contributed by atoms with Crippen molar-refractivity contribution in [2.45, 2.75) is 309 Å². The molecule has 0 aromatic carbocycles. The van der Waals surface area contributed by atoms with Gasteiger partial charge < -0.3 is 14.2 Å². The molecule has 65 heavy (non-hydrogen) atoms. The highest BCUT2D eigenvalue weighted by Crippen LogP contribution is 2.16. The number of unbranched alkanes of at least 4 members (excludes halogenated alkanes) is 35.